The van der Waals surface area contributed by atoms with Gasteiger partial charge in [-0.05, 0) is 51.9 Å². The van der Waals surface area contributed by atoms with E-state index in [2.05, 4.69) is 34.6 Å². The molecular weight excluding hydrogens is 472 g/mol. The van der Waals surface area contributed by atoms with E-state index in [1.54, 1.807) is 6.92 Å². The van der Waals surface area contributed by atoms with Gasteiger partial charge in [-0.2, -0.15) is 0 Å². The summed E-state index contributed by atoms with van der Waals surface area (Å²) in [6.07, 6.45) is 10.3. The zero-order valence-electron chi connectivity index (χ0n) is 23.5. The van der Waals surface area contributed by atoms with E-state index in [0.717, 1.165) is 12.8 Å². The van der Waals surface area contributed by atoms with Gasteiger partial charge in [-0.3, -0.25) is 14.4 Å². The number of ether oxygens (including phenoxy) is 2. The number of hydrogen-bond acceptors (Lipinski definition) is 6. The smallest absolute Gasteiger partial charge is 0.313 e. The molecule has 4 heterocycles. The summed E-state index contributed by atoms with van der Waals surface area (Å²) in [5.41, 5.74) is -2.93. The predicted octanol–water partition coefficient (Wildman–Crippen LogP) is 3.23. The molecule has 0 aliphatic carbocycles. The minimum atomic E-state index is -1.34. The van der Waals surface area contributed by atoms with Crippen molar-refractivity contribution in [2.45, 2.75) is 103 Å². The molecular formula is C29H44N2O6. The van der Waals surface area contributed by atoms with Gasteiger partial charge in [0, 0.05) is 12.1 Å². The van der Waals surface area contributed by atoms with Crippen LogP contribution in [0.4, 0.5) is 0 Å². The number of carbonyl (C=O) groups excluding carboxylic acids is 3. The van der Waals surface area contributed by atoms with E-state index in [9.17, 15) is 19.5 Å². The first kappa shape index (κ1) is 27.8. The summed E-state index contributed by atoms with van der Waals surface area (Å²) in [6, 6.07) is -1.62. The van der Waals surface area contributed by atoms with Gasteiger partial charge >= 0.3 is 5.97 Å². The van der Waals surface area contributed by atoms with Crippen molar-refractivity contribution in [3.05, 3.63) is 24.3 Å². The average Bonchev–Trinajstić information content (AvgIpc) is 3.18. The Kier molecular flexibility index (Phi) is 7.17. The number of hydrogen-bond donors (Lipinski definition) is 1. The molecule has 4 aliphatic heterocycles. The first-order valence-corrected chi connectivity index (χ1v) is 13.7. The third-order valence-electron chi connectivity index (χ3n) is 8.50. The van der Waals surface area contributed by atoms with Crippen molar-refractivity contribution in [3.63, 3.8) is 0 Å². The van der Waals surface area contributed by atoms with Crippen molar-refractivity contribution >= 4 is 17.8 Å². The zero-order chi connectivity index (χ0) is 27.4. The standard InChI is InChI=1S/C29H44N2O6/c1-8-28-13-10-9-11-16-36-25(35)21(28)20-23(33)31(19(2)17-32)22-24(34)30(15-12-14-29(20,22)37-28)27(6,7)18-26(3,4)5/h10,12-14,19-22,32H,8-9,11,15-18H2,1-7H3/b13-10-/t19-,20+,21-,22?,28+,29+/m1/s1. The molecule has 37 heavy (non-hydrogen) atoms. The first-order valence-electron chi connectivity index (χ1n) is 13.7. The van der Waals surface area contributed by atoms with Gasteiger partial charge in [-0.1, -0.05) is 52.0 Å². The Morgan fingerprint density at radius 1 is 1.08 bits per heavy atom. The largest absolute Gasteiger partial charge is 0.465 e. The summed E-state index contributed by atoms with van der Waals surface area (Å²) in [4.78, 5) is 45.6. The Hall–Kier alpha value is -2.19. The van der Waals surface area contributed by atoms with Crippen molar-refractivity contribution in [3.8, 4) is 0 Å². The van der Waals surface area contributed by atoms with Crippen LogP contribution in [0.15, 0.2) is 24.3 Å². The normalized spacial score (nSPS) is 36.1. The molecule has 6 atom stereocenters. The molecule has 0 saturated carbocycles. The summed E-state index contributed by atoms with van der Waals surface area (Å²) in [5, 5.41) is 10.1. The molecule has 8 heteroatoms. The molecule has 8 nitrogen and oxygen atoms in total. The monoisotopic (exact) mass is 516 g/mol. The molecule has 206 valence electrons. The molecule has 0 aromatic carbocycles. The number of cyclic esters (lactones) is 1. The Balaban J connectivity index is 1.89. The SMILES string of the molecule is CC[C@]12/C=C\CCCOC(=O)[C@H]1[C@H]1C(=O)N([C@H](C)CO)C3C(=O)N(C(C)(C)CC(C)(C)C)CC=C[C@@]31O2. The molecule has 0 radical (unpaired) electrons. The van der Waals surface area contributed by atoms with Gasteiger partial charge in [0.1, 0.15) is 23.2 Å². The molecule has 4 rings (SSSR count). The maximum Gasteiger partial charge on any atom is 0.313 e. The van der Waals surface area contributed by atoms with Crippen LogP contribution in [0.5, 0.6) is 0 Å². The van der Waals surface area contributed by atoms with Crippen LogP contribution in [0, 0.1) is 17.3 Å². The fourth-order valence-electron chi connectivity index (χ4n) is 7.31. The van der Waals surface area contributed by atoms with E-state index in [4.69, 9.17) is 9.47 Å². The second-order valence-corrected chi connectivity index (χ2v) is 13.0. The number of aliphatic hydroxyl groups excluding tert-OH is 1. The molecule has 4 aliphatic rings. The third-order valence-corrected chi connectivity index (χ3v) is 8.50. The van der Waals surface area contributed by atoms with Crippen LogP contribution in [0.25, 0.3) is 0 Å². The highest BCUT2D eigenvalue weighted by Crippen LogP contribution is 2.58. The Bertz CT molecular complexity index is 997. The molecule has 0 aromatic heterocycles. The lowest BCUT2D eigenvalue weighted by Crippen LogP contribution is -2.61. The number of esters is 1. The molecule has 0 bridgehead atoms. The zero-order valence-corrected chi connectivity index (χ0v) is 23.5. The van der Waals surface area contributed by atoms with Crippen LogP contribution >= 0.6 is 0 Å². The molecule has 2 saturated heterocycles. The van der Waals surface area contributed by atoms with Crippen LogP contribution < -0.4 is 0 Å². The quantitative estimate of drug-likeness (QED) is 0.445. The fraction of sp³-hybridized carbons (Fsp3) is 0.759. The van der Waals surface area contributed by atoms with E-state index in [-0.39, 0.29) is 30.4 Å². The van der Waals surface area contributed by atoms with Crippen molar-refractivity contribution in [1.82, 2.24) is 9.80 Å². The topological polar surface area (TPSA) is 96.4 Å². The number of carbonyl (C=O) groups is 3. The number of rotatable bonds is 5. The van der Waals surface area contributed by atoms with Crippen molar-refractivity contribution in [2.75, 3.05) is 19.8 Å². The molecule has 2 amide bonds. The molecule has 2 fully saturated rings. The average molecular weight is 517 g/mol. The molecule has 1 N–H and O–H groups in total. The van der Waals surface area contributed by atoms with Gasteiger partial charge in [-0.15, -0.1) is 0 Å². The number of likely N-dealkylation sites (tertiary alicyclic amines) is 1. The van der Waals surface area contributed by atoms with Gasteiger partial charge in [0.15, 0.2) is 0 Å². The summed E-state index contributed by atoms with van der Waals surface area (Å²) in [5.74, 6) is -2.83. The minimum absolute atomic E-state index is 0.0295. The third kappa shape index (κ3) is 4.44. The highest BCUT2D eigenvalue weighted by Gasteiger charge is 2.76. The number of amides is 2. The maximum absolute atomic E-state index is 14.5. The van der Waals surface area contributed by atoms with E-state index in [1.807, 2.05) is 36.1 Å². The highest BCUT2D eigenvalue weighted by molar-refractivity contribution is 5.99. The van der Waals surface area contributed by atoms with Crippen molar-refractivity contribution in [1.29, 1.82) is 0 Å². The molecule has 1 spiro atoms. The van der Waals surface area contributed by atoms with Gasteiger partial charge in [0.2, 0.25) is 11.8 Å². The summed E-state index contributed by atoms with van der Waals surface area (Å²) >= 11 is 0. The van der Waals surface area contributed by atoms with E-state index < -0.39 is 46.6 Å². The number of allylic oxidation sites excluding steroid dienone is 1. The van der Waals surface area contributed by atoms with Gasteiger partial charge in [-0.25, -0.2) is 0 Å². The number of nitrogens with zero attached hydrogens (tertiary/aromatic N) is 2. The molecule has 1 unspecified atom stereocenters. The van der Waals surface area contributed by atoms with Crippen LogP contribution in [0.3, 0.4) is 0 Å². The number of fused-ring (bicyclic) bond motifs is 2. The Labute approximate surface area is 221 Å². The Morgan fingerprint density at radius 2 is 1.78 bits per heavy atom. The minimum Gasteiger partial charge on any atom is -0.465 e. The Morgan fingerprint density at radius 3 is 2.41 bits per heavy atom. The van der Waals surface area contributed by atoms with Crippen LogP contribution in [0.1, 0.15) is 74.1 Å². The summed E-state index contributed by atoms with van der Waals surface area (Å²) in [6.45, 7) is 14.5. The summed E-state index contributed by atoms with van der Waals surface area (Å²) < 4.78 is 12.6. The van der Waals surface area contributed by atoms with E-state index in [1.165, 1.54) is 4.90 Å². The lowest BCUT2D eigenvalue weighted by atomic mass is 9.73. The van der Waals surface area contributed by atoms with Crippen molar-refractivity contribution < 1.29 is 29.0 Å². The second-order valence-electron chi connectivity index (χ2n) is 13.0. The summed E-state index contributed by atoms with van der Waals surface area (Å²) in [7, 11) is 0. The van der Waals surface area contributed by atoms with E-state index >= 15 is 0 Å². The molecule has 0 aromatic rings. The highest BCUT2D eigenvalue weighted by atomic mass is 16.6. The van der Waals surface area contributed by atoms with Crippen LogP contribution in [0.2, 0.25) is 0 Å². The van der Waals surface area contributed by atoms with Crippen molar-refractivity contribution in [2.24, 2.45) is 17.3 Å². The maximum atomic E-state index is 14.5. The van der Waals surface area contributed by atoms with Gasteiger partial charge in [0.25, 0.3) is 0 Å². The first-order chi connectivity index (χ1) is 17.2. The van der Waals surface area contributed by atoms with Crippen LogP contribution in [-0.2, 0) is 23.9 Å². The lowest BCUT2D eigenvalue weighted by molar-refractivity contribution is -0.164. The lowest BCUT2D eigenvalue weighted by Gasteiger charge is -2.45. The van der Waals surface area contributed by atoms with E-state index in [0.29, 0.717) is 19.4 Å². The van der Waals surface area contributed by atoms with Crippen LogP contribution in [-0.4, -0.2) is 81.3 Å². The predicted molar refractivity (Wildman–Crippen MR) is 139 cm³/mol. The fourth-order valence-corrected chi connectivity index (χ4v) is 7.31. The van der Waals surface area contributed by atoms with Gasteiger partial charge < -0.3 is 24.4 Å². The number of aliphatic hydroxyl groups is 1. The second kappa shape index (κ2) is 9.53. The van der Waals surface area contributed by atoms with Gasteiger partial charge in [0.05, 0.1) is 25.2 Å².